The van der Waals surface area contributed by atoms with Crippen molar-refractivity contribution in [3.63, 3.8) is 0 Å². The molecule has 3 aromatic rings. The molecule has 3 rings (SSSR count). The molecule has 1 aromatic carbocycles. The van der Waals surface area contributed by atoms with Gasteiger partial charge in [0, 0.05) is 42.8 Å². The number of rotatable bonds is 8. The molecule has 0 saturated heterocycles. The fourth-order valence-electron chi connectivity index (χ4n) is 2.80. The Balaban J connectivity index is 1.85. The molecule has 0 spiro atoms. The van der Waals surface area contributed by atoms with Gasteiger partial charge in [-0.25, -0.2) is 15.0 Å². The van der Waals surface area contributed by atoms with Gasteiger partial charge >= 0.3 is 0 Å². The Hall–Kier alpha value is -3.99. The number of anilines is 4. The number of benzene rings is 1. The van der Waals surface area contributed by atoms with Crippen molar-refractivity contribution < 1.29 is 14.8 Å². The highest BCUT2D eigenvalue weighted by Gasteiger charge is 2.22. The van der Waals surface area contributed by atoms with Gasteiger partial charge < -0.3 is 21.4 Å². The molecule has 156 valence electrons. The Morgan fingerprint density at radius 2 is 2.07 bits per heavy atom. The number of imidazole rings is 1. The zero-order valence-corrected chi connectivity index (χ0v) is 16.5. The molecular weight excluding hydrogens is 388 g/mol. The van der Waals surface area contributed by atoms with E-state index in [-0.39, 0.29) is 23.2 Å². The summed E-state index contributed by atoms with van der Waals surface area (Å²) in [6.07, 6.45) is 4.87. The first-order valence-electron chi connectivity index (χ1n) is 9.10. The third-order valence-corrected chi connectivity index (χ3v) is 4.18. The van der Waals surface area contributed by atoms with E-state index in [4.69, 9.17) is 5.73 Å². The van der Waals surface area contributed by atoms with Gasteiger partial charge in [0.25, 0.3) is 5.91 Å². The fraction of sp³-hybridized carbons (Fsp3) is 0.211. The Morgan fingerprint density at radius 3 is 2.73 bits per heavy atom. The number of hydrogen-bond donors (Lipinski definition) is 5. The van der Waals surface area contributed by atoms with Gasteiger partial charge in [-0.15, -0.1) is 0 Å². The largest absolute Gasteiger partial charge is 0.365 e. The Kier molecular flexibility index (Phi) is 6.23. The van der Waals surface area contributed by atoms with E-state index in [1.54, 1.807) is 43.7 Å². The smallest absolute Gasteiger partial charge is 0.254 e. The van der Waals surface area contributed by atoms with Crippen LogP contribution >= 0.6 is 0 Å². The molecule has 0 unspecified atom stereocenters. The number of nitrogens with one attached hydrogen (secondary N) is 3. The molecule has 0 bridgehead atoms. The van der Waals surface area contributed by atoms with E-state index in [0.29, 0.717) is 17.8 Å². The van der Waals surface area contributed by atoms with Crippen molar-refractivity contribution in [3.8, 4) is 0 Å². The molecule has 0 aliphatic rings. The number of nitrogens with two attached hydrogens (primary N) is 1. The van der Waals surface area contributed by atoms with Gasteiger partial charge in [-0.1, -0.05) is 6.07 Å². The molecule has 2 amide bonds. The van der Waals surface area contributed by atoms with Crippen molar-refractivity contribution in [3.05, 3.63) is 54.2 Å². The summed E-state index contributed by atoms with van der Waals surface area (Å²) in [6, 6.07) is 6.51. The number of nitrogens with zero attached hydrogens (tertiary/aromatic N) is 4. The predicted molar refractivity (Wildman–Crippen MR) is 111 cm³/mol. The van der Waals surface area contributed by atoms with Crippen LogP contribution in [0.5, 0.6) is 0 Å². The summed E-state index contributed by atoms with van der Waals surface area (Å²) in [5.74, 6) is -0.844. The van der Waals surface area contributed by atoms with Crippen LogP contribution in [0.25, 0.3) is 0 Å². The second kappa shape index (κ2) is 9.01. The van der Waals surface area contributed by atoms with Gasteiger partial charge in [-0.3, -0.25) is 14.8 Å². The van der Waals surface area contributed by atoms with Crippen LogP contribution in [0.1, 0.15) is 29.9 Å². The third kappa shape index (κ3) is 5.08. The number of primary amides is 1. The molecule has 2 heterocycles. The maximum absolute atomic E-state index is 11.8. The summed E-state index contributed by atoms with van der Waals surface area (Å²) in [5, 5.41) is 17.2. The zero-order chi connectivity index (χ0) is 21.7. The van der Waals surface area contributed by atoms with Crippen molar-refractivity contribution in [1.29, 1.82) is 0 Å². The highest BCUT2D eigenvalue weighted by molar-refractivity contribution is 5.97. The first-order valence-corrected chi connectivity index (χ1v) is 9.10. The summed E-state index contributed by atoms with van der Waals surface area (Å²) in [5.41, 5.74) is 7.41. The molecule has 0 aliphatic carbocycles. The van der Waals surface area contributed by atoms with Crippen LogP contribution in [-0.4, -0.2) is 43.0 Å². The van der Waals surface area contributed by atoms with E-state index in [1.165, 1.54) is 13.1 Å². The normalized spacial score (nSPS) is 11.6. The summed E-state index contributed by atoms with van der Waals surface area (Å²) < 4.78 is 0. The van der Waals surface area contributed by atoms with E-state index in [0.717, 1.165) is 10.8 Å². The number of hydroxylamine groups is 1. The highest BCUT2D eigenvalue weighted by atomic mass is 16.5. The Labute approximate surface area is 172 Å². The number of aromatic amines is 1. The fourth-order valence-corrected chi connectivity index (χ4v) is 2.80. The quantitative estimate of drug-likeness (QED) is 0.351. The lowest BCUT2D eigenvalue weighted by Gasteiger charge is -2.24. The molecule has 2 aromatic heterocycles. The lowest BCUT2D eigenvalue weighted by atomic mass is 10.1. The molecule has 0 radical (unpaired) electrons. The summed E-state index contributed by atoms with van der Waals surface area (Å²) in [6.45, 7) is 3.18. The number of aromatic nitrogens is 4. The Morgan fingerprint density at radius 1 is 1.30 bits per heavy atom. The van der Waals surface area contributed by atoms with E-state index < -0.39 is 11.9 Å². The maximum Gasteiger partial charge on any atom is 0.254 e. The molecule has 6 N–H and O–H groups in total. The molecule has 0 saturated carbocycles. The number of carbonyl (C=O) groups is 2. The first kappa shape index (κ1) is 20.7. The molecule has 1 atom stereocenters. The summed E-state index contributed by atoms with van der Waals surface area (Å²) in [7, 11) is 0. The number of H-pyrrole nitrogens is 1. The van der Waals surface area contributed by atoms with Crippen LogP contribution in [0, 0.1) is 0 Å². The third-order valence-electron chi connectivity index (χ3n) is 4.18. The molecule has 0 aliphatic heterocycles. The topological polar surface area (TPSA) is 162 Å². The van der Waals surface area contributed by atoms with Crippen molar-refractivity contribution in [1.82, 2.24) is 19.9 Å². The van der Waals surface area contributed by atoms with Crippen LogP contribution in [0.3, 0.4) is 0 Å². The molecule has 11 heteroatoms. The number of carbonyl (C=O) groups excluding carboxylic acids is 2. The minimum atomic E-state index is -0.767. The lowest BCUT2D eigenvalue weighted by molar-refractivity contribution is -0.114. The Bertz CT molecular complexity index is 1040. The second-order valence-corrected chi connectivity index (χ2v) is 6.66. The van der Waals surface area contributed by atoms with Crippen molar-refractivity contribution in [2.24, 2.45) is 5.73 Å². The van der Waals surface area contributed by atoms with E-state index in [2.05, 4.69) is 30.6 Å². The minimum absolute atomic E-state index is 0.0218. The average molecular weight is 410 g/mol. The summed E-state index contributed by atoms with van der Waals surface area (Å²) in [4.78, 5) is 38.3. The van der Waals surface area contributed by atoms with Crippen molar-refractivity contribution in [2.45, 2.75) is 26.3 Å². The van der Waals surface area contributed by atoms with Gasteiger partial charge in [-0.05, 0) is 25.1 Å². The van der Waals surface area contributed by atoms with Crippen molar-refractivity contribution >= 4 is 35.0 Å². The second-order valence-electron chi connectivity index (χ2n) is 6.66. The average Bonchev–Trinajstić information content (AvgIpc) is 3.20. The molecular formula is C19H22N8O3. The monoisotopic (exact) mass is 410 g/mol. The van der Waals surface area contributed by atoms with E-state index >= 15 is 0 Å². The van der Waals surface area contributed by atoms with Gasteiger partial charge in [0.15, 0.2) is 5.82 Å². The molecule has 0 fully saturated rings. The van der Waals surface area contributed by atoms with Gasteiger partial charge in [0.2, 0.25) is 11.9 Å². The first-order chi connectivity index (χ1) is 14.3. The number of hydrogen-bond acceptors (Lipinski definition) is 8. The summed E-state index contributed by atoms with van der Waals surface area (Å²) >= 11 is 0. The number of amides is 2. The standard InChI is InChI=1S/C19H22N8O3/c1-11(6-15-8-21-10-23-15)27(30)18-16(17(20)29)9-22-19(26-18)25-14-5-3-4-13(7-14)24-12(2)28/h3-5,7-11,30H,6H2,1-2H3,(H2,20,29)(H,21,23)(H,24,28)(H,22,25,26)/t11-/m0/s1. The van der Waals surface area contributed by atoms with Gasteiger partial charge in [0.1, 0.15) is 5.56 Å². The van der Waals surface area contributed by atoms with E-state index in [9.17, 15) is 14.8 Å². The SMILES string of the molecule is CC(=O)Nc1cccc(Nc2ncc(C(N)=O)c(N(O)[C@@H](C)Cc3cnc[nH]3)n2)c1. The van der Waals surface area contributed by atoms with E-state index in [1.807, 2.05) is 0 Å². The van der Waals surface area contributed by atoms with Crippen LogP contribution < -0.4 is 21.4 Å². The zero-order valence-electron chi connectivity index (χ0n) is 16.5. The predicted octanol–water partition coefficient (Wildman–Crippen LogP) is 1.83. The van der Waals surface area contributed by atoms with Crippen LogP contribution in [0.2, 0.25) is 0 Å². The van der Waals surface area contributed by atoms with Gasteiger partial charge in [0.05, 0.1) is 12.4 Å². The highest BCUT2D eigenvalue weighted by Crippen LogP contribution is 2.23. The van der Waals surface area contributed by atoms with Crippen molar-refractivity contribution in [2.75, 3.05) is 15.7 Å². The minimum Gasteiger partial charge on any atom is -0.365 e. The molecule has 30 heavy (non-hydrogen) atoms. The van der Waals surface area contributed by atoms with Gasteiger partial charge in [-0.2, -0.15) is 4.98 Å². The van der Waals surface area contributed by atoms with Crippen LogP contribution in [0.4, 0.5) is 23.1 Å². The van der Waals surface area contributed by atoms with Crippen LogP contribution in [-0.2, 0) is 11.2 Å². The van der Waals surface area contributed by atoms with Crippen LogP contribution in [0.15, 0.2) is 43.0 Å². The lowest BCUT2D eigenvalue weighted by Crippen LogP contribution is -2.34. The maximum atomic E-state index is 11.8. The molecule has 11 nitrogen and oxygen atoms in total.